The van der Waals surface area contributed by atoms with E-state index in [0.717, 1.165) is 30.3 Å². The molecule has 116 valence electrons. The molecular formula is C19H30NO+. The van der Waals surface area contributed by atoms with Gasteiger partial charge in [-0.05, 0) is 32.6 Å². The summed E-state index contributed by atoms with van der Waals surface area (Å²) in [5.74, 6) is 0.545. The zero-order valence-corrected chi connectivity index (χ0v) is 14.0. The van der Waals surface area contributed by atoms with Crippen molar-refractivity contribution in [3.8, 4) is 0 Å². The van der Waals surface area contributed by atoms with E-state index in [0.29, 0.717) is 5.92 Å². The van der Waals surface area contributed by atoms with E-state index in [1.165, 1.54) is 11.1 Å². The van der Waals surface area contributed by atoms with Gasteiger partial charge in [0.05, 0.1) is 14.1 Å². The van der Waals surface area contributed by atoms with Crippen molar-refractivity contribution in [2.45, 2.75) is 51.3 Å². The molecule has 1 aliphatic carbocycles. The van der Waals surface area contributed by atoms with Gasteiger partial charge in [0.1, 0.15) is 18.2 Å². The van der Waals surface area contributed by atoms with E-state index in [4.69, 9.17) is 0 Å². The third-order valence-electron chi connectivity index (χ3n) is 5.20. The maximum atomic E-state index is 10.9. The van der Waals surface area contributed by atoms with Crippen molar-refractivity contribution in [3.05, 3.63) is 48.0 Å². The zero-order valence-electron chi connectivity index (χ0n) is 14.0. The minimum atomic E-state index is -0.593. The summed E-state index contributed by atoms with van der Waals surface area (Å²) in [5, 5.41) is 10.9. The molecule has 2 heteroatoms. The van der Waals surface area contributed by atoms with Crippen LogP contribution in [0.1, 0.15) is 38.7 Å². The van der Waals surface area contributed by atoms with Gasteiger partial charge in [0.25, 0.3) is 0 Å². The van der Waals surface area contributed by atoms with Crippen molar-refractivity contribution in [3.63, 3.8) is 0 Å². The number of hydrogen-bond donors (Lipinski definition) is 1. The lowest BCUT2D eigenvalue weighted by molar-refractivity contribution is -0.936. The van der Waals surface area contributed by atoms with Gasteiger partial charge in [-0.15, -0.1) is 0 Å². The molecule has 21 heavy (non-hydrogen) atoms. The Hall–Kier alpha value is -1.12. The molecule has 1 N–H and O–H groups in total. The summed E-state index contributed by atoms with van der Waals surface area (Å²) >= 11 is 0. The Kier molecular flexibility index (Phi) is 4.60. The predicted molar refractivity (Wildman–Crippen MR) is 88.8 cm³/mol. The molecule has 0 spiro atoms. The van der Waals surface area contributed by atoms with Crippen LogP contribution in [-0.4, -0.2) is 35.3 Å². The Balaban J connectivity index is 2.20. The van der Waals surface area contributed by atoms with Crippen LogP contribution in [0.4, 0.5) is 0 Å². The molecule has 1 saturated carbocycles. The average Bonchev–Trinajstić information content (AvgIpc) is 2.38. The molecule has 0 aromatic heterocycles. The highest BCUT2D eigenvalue weighted by atomic mass is 16.3. The first-order chi connectivity index (χ1) is 9.72. The maximum Gasteiger partial charge on any atom is 0.118 e. The lowest BCUT2D eigenvalue weighted by Crippen LogP contribution is -2.61. The van der Waals surface area contributed by atoms with Gasteiger partial charge in [0.15, 0.2) is 0 Å². The molecule has 1 aromatic rings. The second-order valence-electron chi connectivity index (χ2n) is 7.61. The number of likely N-dealkylation sites (N-methyl/N-ethyl adjacent to an activating group) is 1. The maximum absolute atomic E-state index is 10.9. The fourth-order valence-electron chi connectivity index (χ4n) is 3.92. The molecule has 3 atom stereocenters. The summed E-state index contributed by atoms with van der Waals surface area (Å²) in [4.78, 5) is 0. The number of hydrogen-bond acceptors (Lipinski definition) is 1. The van der Waals surface area contributed by atoms with Crippen LogP contribution in [0, 0.1) is 5.92 Å². The highest BCUT2D eigenvalue weighted by molar-refractivity contribution is 5.13. The van der Waals surface area contributed by atoms with E-state index in [1.54, 1.807) is 0 Å². The largest absolute Gasteiger partial charge is 0.384 e. The van der Waals surface area contributed by atoms with E-state index in [9.17, 15) is 5.11 Å². The third-order valence-corrected chi connectivity index (χ3v) is 5.20. The Morgan fingerprint density at radius 1 is 1.33 bits per heavy atom. The van der Waals surface area contributed by atoms with E-state index in [1.807, 2.05) is 6.92 Å². The number of benzene rings is 1. The number of aliphatic hydroxyl groups is 1. The standard InChI is InChI=1S/C19H30NO/c1-15(2)17-11-12-19(3,21)18(13-17)20(4,5)14-16-9-7-6-8-10-16/h6-10,17-18,21H,1,11-14H2,2-5H3/q+1. The van der Waals surface area contributed by atoms with Gasteiger partial charge >= 0.3 is 0 Å². The van der Waals surface area contributed by atoms with Crippen molar-refractivity contribution < 1.29 is 9.59 Å². The predicted octanol–water partition coefficient (Wildman–Crippen LogP) is 3.76. The van der Waals surface area contributed by atoms with Crippen molar-refractivity contribution >= 4 is 0 Å². The van der Waals surface area contributed by atoms with Crippen molar-refractivity contribution in [1.82, 2.24) is 0 Å². The van der Waals surface area contributed by atoms with Crippen LogP contribution >= 0.6 is 0 Å². The average molecular weight is 288 g/mol. The van der Waals surface area contributed by atoms with Gasteiger partial charge in [-0.25, -0.2) is 0 Å². The van der Waals surface area contributed by atoms with Crippen LogP contribution in [-0.2, 0) is 6.54 Å². The second kappa shape index (κ2) is 5.94. The fourth-order valence-corrected chi connectivity index (χ4v) is 3.92. The second-order valence-corrected chi connectivity index (χ2v) is 7.61. The molecule has 0 heterocycles. The van der Waals surface area contributed by atoms with Crippen LogP contribution in [0.15, 0.2) is 42.5 Å². The van der Waals surface area contributed by atoms with Gasteiger partial charge in [-0.2, -0.15) is 0 Å². The monoisotopic (exact) mass is 288 g/mol. The number of allylic oxidation sites excluding steroid dienone is 1. The lowest BCUT2D eigenvalue weighted by Gasteiger charge is -2.49. The van der Waals surface area contributed by atoms with Crippen LogP contribution in [0.2, 0.25) is 0 Å². The normalized spacial score (nSPS) is 30.1. The molecule has 0 bridgehead atoms. The Morgan fingerprint density at radius 2 is 1.95 bits per heavy atom. The lowest BCUT2D eigenvalue weighted by atomic mass is 9.72. The Morgan fingerprint density at radius 3 is 2.52 bits per heavy atom. The van der Waals surface area contributed by atoms with Gasteiger partial charge in [0.2, 0.25) is 0 Å². The van der Waals surface area contributed by atoms with E-state index >= 15 is 0 Å². The van der Waals surface area contributed by atoms with Gasteiger partial charge in [-0.1, -0.05) is 42.5 Å². The minimum Gasteiger partial charge on any atom is -0.384 e. The quantitative estimate of drug-likeness (QED) is 0.661. The van der Waals surface area contributed by atoms with E-state index in [2.05, 4.69) is 57.9 Å². The molecule has 1 fully saturated rings. The molecular weight excluding hydrogens is 258 g/mol. The van der Waals surface area contributed by atoms with E-state index < -0.39 is 5.60 Å². The molecule has 1 aromatic carbocycles. The Labute approximate surface area is 129 Å². The van der Waals surface area contributed by atoms with Crippen molar-refractivity contribution in [2.24, 2.45) is 5.92 Å². The third kappa shape index (κ3) is 3.75. The molecule has 1 aliphatic rings. The topological polar surface area (TPSA) is 20.2 Å². The number of nitrogens with zero attached hydrogens (tertiary/aromatic N) is 1. The SMILES string of the molecule is C=C(C)C1CCC(C)(O)C([N+](C)(C)Cc2ccccc2)C1. The zero-order chi connectivity index (χ0) is 15.7. The van der Waals surface area contributed by atoms with Crippen LogP contribution in [0.5, 0.6) is 0 Å². The molecule has 0 saturated heterocycles. The van der Waals surface area contributed by atoms with Crippen LogP contribution < -0.4 is 0 Å². The van der Waals surface area contributed by atoms with Crippen molar-refractivity contribution in [1.29, 1.82) is 0 Å². The van der Waals surface area contributed by atoms with Crippen molar-refractivity contribution in [2.75, 3.05) is 14.1 Å². The highest BCUT2D eigenvalue weighted by Gasteiger charge is 2.47. The summed E-state index contributed by atoms with van der Waals surface area (Å²) < 4.78 is 0.820. The fraction of sp³-hybridized carbons (Fsp3) is 0.579. The smallest absolute Gasteiger partial charge is 0.118 e. The molecule has 0 radical (unpaired) electrons. The van der Waals surface area contributed by atoms with Gasteiger partial charge < -0.3 is 9.59 Å². The first-order valence-corrected chi connectivity index (χ1v) is 7.97. The summed E-state index contributed by atoms with van der Waals surface area (Å²) in [6.07, 6.45) is 2.96. The van der Waals surface area contributed by atoms with Gasteiger partial charge in [-0.3, -0.25) is 0 Å². The molecule has 2 nitrogen and oxygen atoms in total. The summed E-state index contributed by atoms with van der Waals surface area (Å²) in [5.41, 5.74) is 2.00. The summed E-state index contributed by atoms with van der Waals surface area (Å²) in [6, 6.07) is 10.8. The molecule has 2 rings (SSSR count). The first-order valence-electron chi connectivity index (χ1n) is 7.97. The van der Waals surface area contributed by atoms with Crippen LogP contribution in [0.3, 0.4) is 0 Å². The number of quaternary nitrogens is 1. The summed E-state index contributed by atoms with van der Waals surface area (Å²) in [6.45, 7) is 9.22. The highest BCUT2D eigenvalue weighted by Crippen LogP contribution is 2.40. The van der Waals surface area contributed by atoms with E-state index in [-0.39, 0.29) is 6.04 Å². The summed E-state index contributed by atoms with van der Waals surface area (Å²) in [7, 11) is 4.49. The first kappa shape index (κ1) is 16.3. The van der Waals surface area contributed by atoms with Crippen LogP contribution in [0.25, 0.3) is 0 Å². The van der Waals surface area contributed by atoms with Gasteiger partial charge in [0, 0.05) is 12.0 Å². The molecule has 0 aliphatic heterocycles. The molecule has 3 unspecified atom stereocenters. The minimum absolute atomic E-state index is 0.244. The number of rotatable bonds is 4. The molecule has 0 amide bonds. The Bertz CT molecular complexity index is 490.